The Morgan fingerprint density at radius 2 is 1.40 bits per heavy atom. The summed E-state index contributed by atoms with van der Waals surface area (Å²) < 4.78 is 5.50. The number of aliphatic hydroxyl groups is 1. The molecule has 0 unspecified atom stereocenters. The molecule has 20 heavy (non-hydrogen) atoms. The van der Waals surface area contributed by atoms with Gasteiger partial charge in [0.15, 0.2) is 11.7 Å². The summed E-state index contributed by atoms with van der Waals surface area (Å²) in [5, 5.41) is 19.5. The highest BCUT2D eigenvalue weighted by Gasteiger charge is 2.45. The van der Waals surface area contributed by atoms with Crippen molar-refractivity contribution in [1.82, 2.24) is 0 Å². The normalized spacial score (nSPS) is 12.9. The predicted molar refractivity (Wildman–Crippen MR) is 74.3 cm³/mol. The first-order valence-electron chi connectivity index (χ1n) is 6.20. The van der Waals surface area contributed by atoms with Gasteiger partial charge < -0.3 is 14.9 Å². The first kappa shape index (κ1) is 14.2. The van der Waals surface area contributed by atoms with Crippen LogP contribution < -0.4 is 0 Å². The zero-order chi connectivity index (χ0) is 14.6. The molecule has 0 aliphatic rings. The molecule has 0 amide bonds. The van der Waals surface area contributed by atoms with Crippen molar-refractivity contribution in [2.75, 3.05) is 7.11 Å². The first-order chi connectivity index (χ1) is 9.63. The number of aliphatic hydroxyl groups excluding tert-OH is 1. The summed E-state index contributed by atoms with van der Waals surface area (Å²) in [6.07, 6.45) is -1.71. The van der Waals surface area contributed by atoms with Crippen molar-refractivity contribution in [3.8, 4) is 0 Å². The van der Waals surface area contributed by atoms with Crippen molar-refractivity contribution in [2.24, 2.45) is 0 Å². The van der Waals surface area contributed by atoms with Gasteiger partial charge in [-0.25, -0.2) is 4.79 Å². The maximum absolute atomic E-state index is 11.3. The Kier molecular flexibility index (Phi) is 4.17. The summed E-state index contributed by atoms with van der Waals surface area (Å²) >= 11 is 0. The highest BCUT2D eigenvalue weighted by Crippen LogP contribution is 2.36. The standard InChI is InChI=1S/C16H16O4/c1-20-16(14(17)15(18)19,12-8-4-2-5-9-12)13-10-6-3-7-11-13/h2-11,14,17H,1H3,(H,18,19)/t14-/m1/s1. The third-order valence-electron chi connectivity index (χ3n) is 3.35. The van der Waals surface area contributed by atoms with Crippen molar-refractivity contribution in [3.63, 3.8) is 0 Å². The summed E-state index contributed by atoms with van der Waals surface area (Å²) in [5.41, 5.74) is -0.263. The Labute approximate surface area is 117 Å². The molecule has 2 N–H and O–H groups in total. The number of aliphatic carboxylic acids is 1. The van der Waals surface area contributed by atoms with E-state index in [1.807, 2.05) is 12.1 Å². The molecule has 104 valence electrons. The maximum Gasteiger partial charge on any atom is 0.336 e. The van der Waals surface area contributed by atoms with E-state index in [4.69, 9.17) is 4.74 Å². The molecule has 0 bridgehead atoms. The van der Waals surface area contributed by atoms with E-state index in [0.717, 1.165) is 0 Å². The molecular weight excluding hydrogens is 256 g/mol. The Bertz CT molecular complexity index is 526. The van der Waals surface area contributed by atoms with Crippen LogP contribution in [0.15, 0.2) is 60.7 Å². The van der Waals surface area contributed by atoms with Crippen LogP contribution in [0, 0.1) is 0 Å². The minimum atomic E-state index is -1.71. The van der Waals surface area contributed by atoms with Gasteiger partial charge in [0.1, 0.15) is 0 Å². The number of carboxylic acids is 1. The summed E-state index contributed by atoms with van der Waals surface area (Å²) in [5.74, 6) is -1.33. The molecule has 2 rings (SSSR count). The molecule has 0 saturated carbocycles. The van der Waals surface area contributed by atoms with Gasteiger partial charge in [0.2, 0.25) is 0 Å². The second-order valence-corrected chi connectivity index (χ2v) is 4.41. The van der Waals surface area contributed by atoms with Crippen molar-refractivity contribution in [1.29, 1.82) is 0 Å². The lowest BCUT2D eigenvalue weighted by atomic mass is 9.81. The first-order valence-corrected chi connectivity index (χ1v) is 6.20. The fraction of sp³-hybridized carbons (Fsp3) is 0.188. The predicted octanol–water partition coefficient (Wildman–Crippen LogP) is 2.02. The highest BCUT2D eigenvalue weighted by molar-refractivity contribution is 5.75. The fourth-order valence-electron chi connectivity index (χ4n) is 2.38. The van der Waals surface area contributed by atoms with Crippen LogP contribution >= 0.6 is 0 Å². The number of ether oxygens (including phenoxy) is 1. The summed E-state index contributed by atoms with van der Waals surface area (Å²) in [6, 6.07) is 17.7. The molecule has 2 aromatic carbocycles. The van der Waals surface area contributed by atoms with Crippen molar-refractivity contribution < 1.29 is 19.7 Å². The maximum atomic E-state index is 11.3. The molecule has 0 radical (unpaired) electrons. The van der Waals surface area contributed by atoms with Gasteiger partial charge in [0.05, 0.1) is 0 Å². The van der Waals surface area contributed by atoms with Gasteiger partial charge in [-0.3, -0.25) is 0 Å². The molecule has 0 saturated heterocycles. The number of hydrogen-bond donors (Lipinski definition) is 2. The van der Waals surface area contributed by atoms with E-state index in [-0.39, 0.29) is 0 Å². The van der Waals surface area contributed by atoms with Gasteiger partial charge in [0, 0.05) is 7.11 Å². The minimum Gasteiger partial charge on any atom is -0.479 e. The van der Waals surface area contributed by atoms with Crippen molar-refractivity contribution >= 4 is 5.97 Å². The number of carbonyl (C=O) groups is 1. The lowest BCUT2D eigenvalue weighted by molar-refractivity contribution is -0.163. The molecule has 0 aromatic heterocycles. The van der Waals surface area contributed by atoms with Crippen molar-refractivity contribution in [3.05, 3.63) is 71.8 Å². The average Bonchev–Trinajstić information content (AvgIpc) is 2.50. The van der Waals surface area contributed by atoms with E-state index < -0.39 is 17.7 Å². The van der Waals surface area contributed by atoms with Crippen molar-refractivity contribution in [2.45, 2.75) is 11.7 Å². The van der Waals surface area contributed by atoms with E-state index in [2.05, 4.69) is 0 Å². The van der Waals surface area contributed by atoms with Gasteiger partial charge >= 0.3 is 5.97 Å². The number of rotatable bonds is 5. The second-order valence-electron chi connectivity index (χ2n) is 4.41. The summed E-state index contributed by atoms with van der Waals surface area (Å²) in [4.78, 5) is 11.3. The van der Waals surface area contributed by atoms with Gasteiger partial charge in [-0.05, 0) is 11.1 Å². The molecule has 4 nitrogen and oxygen atoms in total. The van der Waals surface area contributed by atoms with Crippen LogP contribution in [0.3, 0.4) is 0 Å². The van der Waals surface area contributed by atoms with E-state index in [9.17, 15) is 15.0 Å². The summed E-state index contributed by atoms with van der Waals surface area (Å²) in [6.45, 7) is 0. The van der Waals surface area contributed by atoms with Crippen LogP contribution in [0.2, 0.25) is 0 Å². The molecule has 0 aliphatic heterocycles. The third kappa shape index (κ3) is 2.31. The van der Waals surface area contributed by atoms with E-state index in [1.54, 1.807) is 48.5 Å². The minimum absolute atomic E-state index is 0.587. The Balaban J connectivity index is 2.68. The van der Waals surface area contributed by atoms with E-state index in [1.165, 1.54) is 7.11 Å². The Hall–Kier alpha value is -2.17. The topological polar surface area (TPSA) is 66.8 Å². The summed E-state index contributed by atoms with van der Waals surface area (Å²) in [7, 11) is 1.40. The van der Waals surface area contributed by atoms with Gasteiger partial charge in [0.25, 0.3) is 0 Å². The van der Waals surface area contributed by atoms with Crippen LogP contribution in [0.5, 0.6) is 0 Å². The fourth-order valence-corrected chi connectivity index (χ4v) is 2.38. The molecular formula is C16H16O4. The van der Waals surface area contributed by atoms with Gasteiger partial charge in [-0.1, -0.05) is 60.7 Å². The number of methoxy groups -OCH3 is 1. The van der Waals surface area contributed by atoms with E-state index >= 15 is 0 Å². The Morgan fingerprint density at radius 1 is 1.00 bits per heavy atom. The molecule has 0 spiro atoms. The number of benzene rings is 2. The molecule has 0 aliphatic carbocycles. The van der Waals surface area contributed by atoms with Crippen LogP contribution in [-0.4, -0.2) is 29.4 Å². The Morgan fingerprint density at radius 3 is 1.70 bits per heavy atom. The molecule has 2 aromatic rings. The molecule has 4 heteroatoms. The SMILES string of the molecule is COC(c1ccccc1)(c1ccccc1)[C@H](O)C(=O)O. The van der Waals surface area contributed by atoms with Gasteiger partial charge in [-0.15, -0.1) is 0 Å². The van der Waals surface area contributed by atoms with Crippen LogP contribution in [0.4, 0.5) is 0 Å². The lowest BCUT2D eigenvalue weighted by Gasteiger charge is -2.35. The van der Waals surface area contributed by atoms with Crippen LogP contribution in [0.25, 0.3) is 0 Å². The zero-order valence-corrected chi connectivity index (χ0v) is 11.1. The monoisotopic (exact) mass is 272 g/mol. The molecule has 0 fully saturated rings. The van der Waals surface area contributed by atoms with Crippen LogP contribution in [-0.2, 0) is 15.1 Å². The highest BCUT2D eigenvalue weighted by atomic mass is 16.5. The second kappa shape index (κ2) is 5.86. The molecule has 0 heterocycles. The quantitative estimate of drug-likeness (QED) is 0.874. The van der Waals surface area contributed by atoms with Gasteiger partial charge in [-0.2, -0.15) is 0 Å². The third-order valence-corrected chi connectivity index (χ3v) is 3.35. The number of hydrogen-bond acceptors (Lipinski definition) is 3. The number of carboxylic acid groups (broad SMARTS) is 1. The van der Waals surface area contributed by atoms with Crippen LogP contribution in [0.1, 0.15) is 11.1 Å². The van der Waals surface area contributed by atoms with E-state index in [0.29, 0.717) is 11.1 Å². The largest absolute Gasteiger partial charge is 0.479 e. The zero-order valence-electron chi connectivity index (χ0n) is 11.1. The lowest BCUT2D eigenvalue weighted by Crippen LogP contribution is -2.47. The average molecular weight is 272 g/mol. The smallest absolute Gasteiger partial charge is 0.336 e. The molecule has 1 atom stereocenters.